The average molecular weight is 202 g/mol. The van der Waals surface area contributed by atoms with Gasteiger partial charge in [-0.05, 0) is 12.5 Å². The fourth-order valence-electron chi connectivity index (χ4n) is 1.91. The number of likely N-dealkylation sites (tertiary alicyclic amines) is 1. The van der Waals surface area contributed by atoms with Gasteiger partial charge >= 0.3 is 0 Å². The number of nitrogens with zero attached hydrogens (tertiary/aromatic N) is 3. The Bertz CT molecular complexity index is 382. The van der Waals surface area contributed by atoms with Crippen LogP contribution in [0.4, 0.5) is 0 Å². The van der Waals surface area contributed by atoms with E-state index in [-0.39, 0.29) is 6.04 Å². The van der Waals surface area contributed by atoms with Gasteiger partial charge in [-0.3, -0.25) is 4.90 Å². The molecule has 1 aromatic rings. The number of nitrogens with two attached hydrogens (primary N) is 1. The van der Waals surface area contributed by atoms with Gasteiger partial charge in [0.05, 0.1) is 0 Å². The Balaban J connectivity index is 2.08. The number of pyridine rings is 1. The number of nitriles is 1. The van der Waals surface area contributed by atoms with Crippen molar-refractivity contribution < 1.29 is 0 Å². The minimum Gasteiger partial charge on any atom is -0.326 e. The lowest BCUT2D eigenvalue weighted by atomic mass is 10.2. The highest BCUT2D eigenvalue weighted by Crippen LogP contribution is 2.13. The van der Waals surface area contributed by atoms with E-state index >= 15 is 0 Å². The molecule has 1 atom stereocenters. The molecule has 1 aromatic heterocycles. The minimum atomic E-state index is 0.284. The van der Waals surface area contributed by atoms with Crippen LogP contribution in [0.5, 0.6) is 0 Å². The molecule has 4 heteroatoms. The molecule has 4 nitrogen and oxygen atoms in total. The van der Waals surface area contributed by atoms with Crippen molar-refractivity contribution >= 4 is 0 Å². The summed E-state index contributed by atoms with van der Waals surface area (Å²) in [6.07, 6.45) is 2.69. The third-order valence-corrected chi connectivity index (χ3v) is 2.70. The maximum absolute atomic E-state index is 8.89. The molecule has 1 saturated heterocycles. The zero-order valence-electron chi connectivity index (χ0n) is 8.56. The van der Waals surface area contributed by atoms with Crippen LogP contribution in [0.3, 0.4) is 0 Å². The predicted octanol–water partition coefficient (Wildman–Crippen LogP) is 0.486. The van der Waals surface area contributed by atoms with Crippen molar-refractivity contribution in [1.29, 1.82) is 5.26 Å². The second-order valence-corrected chi connectivity index (χ2v) is 3.91. The standard InChI is InChI=1S/C11H14N4/c12-6-11-9(2-1-4-14-11)7-15-5-3-10(13)8-15/h1-2,4,10H,3,5,7-8,13H2/t10-/m0/s1. The molecule has 78 valence electrons. The van der Waals surface area contributed by atoms with E-state index in [9.17, 15) is 0 Å². The van der Waals surface area contributed by atoms with Gasteiger partial charge in [-0.2, -0.15) is 5.26 Å². The van der Waals surface area contributed by atoms with Gasteiger partial charge in [0.15, 0.2) is 0 Å². The van der Waals surface area contributed by atoms with Crippen molar-refractivity contribution in [2.24, 2.45) is 5.73 Å². The van der Waals surface area contributed by atoms with Gasteiger partial charge in [0.1, 0.15) is 11.8 Å². The monoisotopic (exact) mass is 202 g/mol. The average Bonchev–Trinajstić information content (AvgIpc) is 2.65. The number of hydrogen-bond acceptors (Lipinski definition) is 4. The fraction of sp³-hybridized carbons (Fsp3) is 0.455. The summed E-state index contributed by atoms with van der Waals surface area (Å²) >= 11 is 0. The van der Waals surface area contributed by atoms with Crippen LogP contribution in [0.25, 0.3) is 0 Å². The normalized spacial score (nSPS) is 21.5. The molecule has 0 spiro atoms. The fourth-order valence-corrected chi connectivity index (χ4v) is 1.91. The lowest BCUT2D eigenvalue weighted by molar-refractivity contribution is 0.326. The van der Waals surface area contributed by atoms with Crippen molar-refractivity contribution in [2.45, 2.75) is 19.0 Å². The predicted molar refractivity (Wildman–Crippen MR) is 56.8 cm³/mol. The molecular weight excluding hydrogens is 188 g/mol. The van der Waals surface area contributed by atoms with E-state index in [1.54, 1.807) is 6.20 Å². The van der Waals surface area contributed by atoms with Gasteiger partial charge in [-0.25, -0.2) is 4.98 Å². The summed E-state index contributed by atoms with van der Waals surface area (Å²) < 4.78 is 0. The van der Waals surface area contributed by atoms with Crippen LogP contribution in [0, 0.1) is 11.3 Å². The zero-order chi connectivity index (χ0) is 10.7. The number of hydrogen-bond donors (Lipinski definition) is 1. The molecule has 2 rings (SSSR count). The quantitative estimate of drug-likeness (QED) is 0.757. The Morgan fingerprint density at radius 2 is 2.53 bits per heavy atom. The van der Waals surface area contributed by atoms with E-state index in [0.717, 1.165) is 31.6 Å². The van der Waals surface area contributed by atoms with E-state index in [1.807, 2.05) is 12.1 Å². The molecule has 0 bridgehead atoms. The molecule has 15 heavy (non-hydrogen) atoms. The summed E-state index contributed by atoms with van der Waals surface area (Å²) in [6.45, 7) is 2.71. The molecule has 0 aromatic carbocycles. The third kappa shape index (κ3) is 2.32. The summed E-state index contributed by atoms with van der Waals surface area (Å²) in [7, 11) is 0. The SMILES string of the molecule is N#Cc1ncccc1CN1CC[C@H](N)C1. The van der Waals surface area contributed by atoms with Crippen molar-refractivity contribution in [1.82, 2.24) is 9.88 Å². The largest absolute Gasteiger partial charge is 0.326 e. The Morgan fingerprint density at radius 3 is 3.20 bits per heavy atom. The third-order valence-electron chi connectivity index (χ3n) is 2.70. The van der Waals surface area contributed by atoms with E-state index in [0.29, 0.717) is 5.69 Å². The highest BCUT2D eigenvalue weighted by atomic mass is 15.2. The second-order valence-electron chi connectivity index (χ2n) is 3.91. The molecule has 1 aliphatic rings. The van der Waals surface area contributed by atoms with Crippen LogP contribution in [0.15, 0.2) is 18.3 Å². The molecule has 1 fully saturated rings. The van der Waals surface area contributed by atoms with Gasteiger partial charge in [-0.15, -0.1) is 0 Å². The number of rotatable bonds is 2. The van der Waals surface area contributed by atoms with Crippen molar-refractivity contribution in [3.63, 3.8) is 0 Å². The highest BCUT2D eigenvalue weighted by molar-refractivity contribution is 5.30. The lowest BCUT2D eigenvalue weighted by Gasteiger charge is -2.15. The summed E-state index contributed by atoms with van der Waals surface area (Å²) in [5, 5.41) is 8.89. The first-order valence-electron chi connectivity index (χ1n) is 5.11. The van der Waals surface area contributed by atoms with Crippen LogP contribution >= 0.6 is 0 Å². The van der Waals surface area contributed by atoms with Crippen molar-refractivity contribution in [3.8, 4) is 6.07 Å². The Morgan fingerprint density at radius 1 is 1.67 bits per heavy atom. The van der Waals surface area contributed by atoms with Crippen LogP contribution in [0.2, 0.25) is 0 Å². The second kappa shape index (κ2) is 4.39. The highest BCUT2D eigenvalue weighted by Gasteiger charge is 2.19. The van der Waals surface area contributed by atoms with Gasteiger partial charge in [-0.1, -0.05) is 6.07 Å². The van der Waals surface area contributed by atoms with E-state index < -0.39 is 0 Å². The maximum atomic E-state index is 8.89. The van der Waals surface area contributed by atoms with Crippen LogP contribution in [-0.2, 0) is 6.54 Å². The summed E-state index contributed by atoms with van der Waals surface area (Å²) in [6, 6.07) is 6.22. The van der Waals surface area contributed by atoms with Crippen molar-refractivity contribution in [2.75, 3.05) is 13.1 Å². The van der Waals surface area contributed by atoms with Crippen LogP contribution in [0.1, 0.15) is 17.7 Å². The lowest BCUT2D eigenvalue weighted by Crippen LogP contribution is -2.26. The molecular formula is C11H14N4. The van der Waals surface area contributed by atoms with Crippen LogP contribution in [-0.4, -0.2) is 29.0 Å². The topological polar surface area (TPSA) is 65.9 Å². The van der Waals surface area contributed by atoms with E-state index in [4.69, 9.17) is 11.0 Å². The zero-order valence-corrected chi connectivity index (χ0v) is 8.56. The van der Waals surface area contributed by atoms with Gasteiger partial charge < -0.3 is 5.73 Å². The van der Waals surface area contributed by atoms with Gasteiger partial charge in [0.25, 0.3) is 0 Å². The first-order chi connectivity index (χ1) is 7.29. The molecule has 0 aliphatic carbocycles. The molecule has 2 N–H and O–H groups in total. The Kier molecular flexibility index (Phi) is 2.95. The first kappa shape index (κ1) is 10.1. The Hall–Kier alpha value is -1.44. The summed E-state index contributed by atoms with van der Waals surface area (Å²) in [5.41, 5.74) is 7.35. The van der Waals surface area contributed by atoms with Crippen LogP contribution < -0.4 is 5.73 Å². The first-order valence-corrected chi connectivity index (χ1v) is 5.11. The van der Waals surface area contributed by atoms with Crippen molar-refractivity contribution in [3.05, 3.63) is 29.6 Å². The maximum Gasteiger partial charge on any atom is 0.144 e. The number of aromatic nitrogens is 1. The summed E-state index contributed by atoms with van der Waals surface area (Å²) in [4.78, 5) is 6.31. The van der Waals surface area contributed by atoms with Gasteiger partial charge in [0, 0.05) is 37.4 Å². The smallest absolute Gasteiger partial charge is 0.144 e. The Labute approximate surface area is 89.3 Å². The molecule has 1 aliphatic heterocycles. The summed E-state index contributed by atoms with van der Waals surface area (Å²) in [5.74, 6) is 0. The molecule has 0 amide bonds. The molecule has 0 unspecified atom stereocenters. The molecule has 0 saturated carbocycles. The van der Waals surface area contributed by atoms with Gasteiger partial charge in [0.2, 0.25) is 0 Å². The molecule has 0 radical (unpaired) electrons. The molecule has 2 heterocycles. The minimum absolute atomic E-state index is 0.284. The van der Waals surface area contributed by atoms with E-state index in [2.05, 4.69) is 16.0 Å². The van der Waals surface area contributed by atoms with E-state index in [1.165, 1.54) is 0 Å².